The van der Waals surface area contributed by atoms with Crippen LogP contribution in [0.3, 0.4) is 0 Å². The summed E-state index contributed by atoms with van der Waals surface area (Å²) in [7, 11) is 0. The first-order valence-corrected chi connectivity index (χ1v) is 14.7. The van der Waals surface area contributed by atoms with Crippen molar-refractivity contribution < 1.29 is 19.1 Å². The second-order valence-electron chi connectivity index (χ2n) is 11.5. The second kappa shape index (κ2) is 12.8. The number of halogens is 1. The lowest BCUT2D eigenvalue weighted by Gasteiger charge is -2.33. The van der Waals surface area contributed by atoms with Crippen LogP contribution in [0.1, 0.15) is 50.8 Å². The molecule has 43 heavy (non-hydrogen) atoms. The number of hydrogen-bond acceptors (Lipinski definition) is 5. The van der Waals surface area contributed by atoms with Crippen molar-refractivity contribution >= 4 is 35.1 Å². The maximum atomic E-state index is 12.9. The minimum Gasteiger partial charge on any atom is -0.444 e. The maximum absolute atomic E-state index is 12.9. The third-order valence-electron chi connectivity index (χ3n) is 7.02. The highest BCUT2D eigenvalue weighted by Crippen LogP contribution is 2.33. The molecule has 1 aliphatic rings. The van der Waals surface area contributed by atoms with E-state index in [2.05, 4.69) is 15.7 Å². The normalized spacial score (nSPS) is 13.8. The van der Waals surface area contributed by atoms with E-state index in [9.17, 15) is 9.59 Å². The quantitative estimate of drug-likeness (QED) is 0.231. The number of anilines is 2. The Kier molecular flexibility index (Phi) is 8.92. The predicted molar refractivity (Wildman–Crippen MR) is 169 cm³/mol. The molecule has 1 fully saturated rings. The highest BCUT2D eigenvalue weighted by atomic mass is 35.5. The zero-order valence-corrected chi connectivity index (χ0v) is 25.5. The summed E-state index contributed by atoms with van der Waals surface area (Å²) >= 11 is 6.41. The SMILES string of the molecule is Cc1cc(Oc2ccccc2NC(=O)Nc2ccc(C3CCN(C(=O)OC(C)(C)C)CC3)cc2)n(-c2ccccc2Cl)n1. The van der Waals surface area contributed by atoms with Crippen LogP contribution in [0.5, 0.6) is 11.6 Å². The molecule has 0 spiro atoms. The minimum atomic E-state index is -0.502. The number of amides is 3. The molecule has 3 aromatic carbocycles. The number of piperidine rings is 1. The van der Waals surface area contributed by atoms with Gasteiger partial charge < -0.3 is 25.0 Å². The molecule has 0 unspecified atom stereocenters. The smallest absolute Gasteiger partial charge is 0.410 e. The van der Waals surface area contributed by atoms with Gasteiger partial charge in [0.05, 0.1) is 22.1 Å². The molecule has 0 radical (unpaired) electrons. The molecule has 1 aromatic heterocycles. The average Bonchev–Trinajstić information content (AvgIpc) is 3.33. The summed E-state index contributed by atoms with van der Waals surface area (Å²) in [5.41, 5.74) is 3.29. The summed E-state index contributed by atoms with van der Waals surface area (Å²) in [6.45, 7) is 8.81. The highest BCUT2D eigenvalue weighted by molar-refractivity contribution is 6.32. The minimum absolute atomic E-state index is 0.259. The standard InChI is InChI=1S/C33H36ClN5O4/c1-22-21-30(39(37-22)28-11-7-5-9-26(28)34)42-29-12-8-6-10-27(29)36-31(40)35-25-15-13-23(14-16-25)24-17-19-38(20-18-24)32(41)43-33(2,3)4/h5-16,21,24H,17-20H2,1-4H3,(H2,35,36,40). The van der Waals surface area contributed by atoms with Gasteiger partial charge in [-0.15, -0.1) is 0 Å². The van der Waals surface area contributed by atoms with E-state index in [1.54, 1.807) is 27.8 Å². The number of rotatable bonds is 6. The highest BCUT2D eigenvalue weighted by Gasteiger charge is 2.27. The van der Waals surface area contributed by atoms with Crippen LogP contribution in [0.25, 0.3) is 5.69 Å². The second-order valence-corrected chi connectivity index (χ2v) is 11.9. The Bertz CT molecular complexity index is 1590. The fraction of sp³-hybridized carbons (Fsp3) is 0.303. The zero-order chi connectivity index (χ0) is 30.6. The summed E-state index contributed by atoms with van der Waals surface area (Å²) < 4.78 is 13.4. The molecule has 4 aromatic rings. The van der Waals surface area contributed by atoms with Gasteiger partial charge >= 0.3 is 12.1 Å². The van der Waals surface area contributed by atoms with Crippen molar-refractivity contribution in [3.05, 3.63) is 95.1 Å². The van der Waals surface area contributed by atoms with Gasteiger partial charge in [0.1, 0.15) is 5.60 Å². The van der Waals surface area contributed by atoms with E-state index >= 15 is 0 Å². The van der Waals surface area contributed by atoms with Crippen LogP contribution in [-0.2, 0) is 4.74 Å². The molecule has 1 saturated heterocycles. The molecule has 224 valence electrons. The number of carbonyl (C=O) groups excluding carboxylic acids is 2. The summed E-state index contributed by atoms with van der Waals surface area (Å²) in [6, 6.07) is 23.8. The van der Waals surface area contributed by atoms with Gasteiger partial charge in [-0.05, 0) is 88.4 Å². The van der Waals surface area contributed by atoms with E-state index in [4.69, 9.17) is 21.1 Å². The van der Waals surface area contributed by atoms with Crippen LogP contribution in [0.15, 0.2) is 78.9 Å². The summed E-state index contributed by atoms with van der Waals surface area (Å²) in [5.74, 6) is 1.26. The number of para-hydroxylation sites is 3. The van der Waals surface area contributed by atoms with Crippen LogP contribution < -0.4 is 15.4 Å². The lowest BCUT2D eigenvalue weighted by molar-refractivity contribution is 0.0205. The predicted octanol–water partition coefficient (Wildman–Crippen LogP) is 8.38. The largest absolute Gasteiger partial charge is 0.444 e. The van der Waals surface area contributed by atoms with Crippen molar-refractivity contribution in [2.24, 2.45) is 0 Å². The topological polar surface area (TPSA) is 97.7 Å². The lowest BCUT2D eigenvalue weighted by Crippen LogP contribution is -2.41. The monoisotopic (exact) mass is 601 g/mol. The van der Waals surface area contributed by atoms with Crippen LogP contribution >= 0.6 is 11.6 Å². The van der Waals surface area contributed by atoms with Crippen molar-refractivity contribution in [2.75, 3.05) is 23.7 Å². The number of urea groups is 1. The number of aryl methyl sites for hydroxylation is 1. The van der Waals surface area contributed by atoms with E-state index in [0.29, 0.717) is 52.7 Å². The van der Waals surface area contributed by atoms with E-state index in [1.165, 1.54) is 5.56 Å². The van der Waals surface area contributed by atoms with Gasteiger partial charge in [0.25, 0.3) is 0 Å². The Morgan fingerprint density at radius 2 is 1.60 bits per heavy atom. The van der Waals surface area contributed by atoms with Crippen molar-refractivity contribution in [3.63, 3.8) is 0 Å². The van der Waals surface area contributed by atoms with Crippen LogP contribution in [-0.4, -0.2) is 45.5 Å². The van der Waals surface area contributed by atoms with Gasteiger partial charge in [-0.3, -0.25) is 0 Å². The van der Waals surface area contributed by atoms with Gasteiger partial charge in [-0.1, -0.05) is 48.0 Å². The number of hydrogen-bond donors (Lipinski definition) is 2. The van der Waals surface area contributed by atoms with E-state index in [1.807, 2.05) is 88.4 Å². The Hall–Kier alpha value is -4.50. The molecule has 0 atom stereocenters. The molecule has 0 aliphatic carbocycles. The van der Waals surface area contributed by atoms with Crippen molar-refractivity contribution in [3.8, 4) is 17.3 Å². The van der Waals surface area contributed by atoms with Gasteiger partial charge in [0, 0.05) is 24.8 Å². The maximum Gasteiger partial charge on any atom is 0.410 e. The third-order valence-corrected chi connectivity index (χ3v) is 7.34. The van der Waals surface area contributed by atoms with E-state index in [0.717, 1.165) is 18.5 Å². The molecule has 2 N–H and O–H groups in total. The number of aromatic nitrogens is 2. The van der Waals surface area contributed by atoms with Crippen molar-refractivity contribution in [2.45, 2.75) is 52.1 Å². The Labute approximate surface area is 256 Å². The first-order chi connectivity index (χ1) is 20.6. The molecular formula is C33H36ClN5O4. The van der Waals surface area contributed by atoms with Crippen LogP contribution in [0, 0.1) is 6.92 Å². The number of likely N-dealkylation sites (tertiary alicyclic amines) is 1. The van der Waals surface area contributed by atoms with Crippen molar-refractivity contribution in [1.29, 1.82) is 0 Å². The van der Waals surface area contributed by atoms with Crippen LogP contribution in [0.4, 0.5) is 21.0 Å². The fourth-order valence-electron chi connectivity index (χ4n) is 4.96. The van der Waals surface area contributed by atoms with E-state index < -0.39 is 11.6 Å². The van der Waals surface area contributed by atoms with Crippen molar-refractivity contribution in [1.82, 2.24) is 14.7 Å². The molecule has 2 heterocycles. The number of ether oxygens (including phenoxy) is 2. The fourth-order valence-corrected chi connectivity index (χ4v) is 5.18. The molecule has 1 aliphatic heterocycles. The zero-order valence-electron chi connectivity index (χ0n) is 24.8. The summed E-state index contributed by atoms with van der Waals surface area (Å²) in [4.78, 5) is 27.1. The average molecular weight is 602 g/mol. The third kappa shape index (κ3) is 7.67. The Balaban J connectivity index is 1.19. The lowest BCUT2D eigenvalue weighted by atomic mass is 9.89. The number of nitrogens with one attached hydrogen (secondary N) is 2. The molecule has 5 rings (SSSR count). The summed E-state index contributed by atoms with van der Waals surface area (Å²) in [6.07, 6.45) is 1.46. The molecule has 9 nitrogen and oxygen atoms in total. The number of carbonyl (C=O) groups is 2. The van der Waals surface area contributed by atoms with Gasteiger partial charge in [-0.2, -0.15) is 9.78 Å². The molecule has 0 saturated carbocycles. The van der Waals surface area contributed by atoms with Crippen LogP contribution in [0.2, 0.25) is 5.02 Å². The molecular weight excluding hydrogens is 566 g/mol. The molecule has 10 heteroatoms. The van der Waals surface area contributed by atoms with E-state index in [-0.39, 0.29) is 6.09 Å². The molecule has 0 bridgehead atoms. The van der Waals surface area contributed by atoms with Gasteiger partial charge in [0.15, 0.2) is 5.75 Å². The molecule has 3 amide bonds. The van der Waals surface area contributed by atoms with Gasteiger partial charge in [0.2, 0.25) is 5.88 Å². The van der Waals surface area contributed by atoms with Gasteiger partial charge in [-0.25, -0.2) is 9.59 Å². The number of nitrogens with zero attached hydrogens (tertiary/aromatic N) is 3. The Morgan fingerprint density at radius 1 is 0.930 bits per heavy atom. The first kappa shape index (κ1) is 30.0. The summed E-state index contributed by atoms with van der Waals surface area (Å²) in [5, 5.41) is 10.9. The number of benzene rings is 3. The Morgan fingerprint density at radius 3 is 2.30 bits per heavy atom. The first-order valence-electron chi connectivity index (χ1n) is 14.3.